The van der Waals surface area contributed by atoms with E-state index in [9.17, 15) is 0 Å². The number of benzene rings is 1. The highest BCUT2D eigenvalue weighted by Crippen LogP contribution is 2.37. The second-order valence-electron chi connectivity index (χ2n) is 9.14. The van der Waals surface area contributed by atoms with Crippen molar-refractivity contribution in [1.82, 2.24) is 0 Å². The van der Waals surface area contributed by atoms with Crippen molar-refractivity contribution in [2.75, 3.05) is 13.7 Å². The molecule has 0 aliphatic carbocycles. The van der Waals surface area contributed by atoms with Crippen molar-refractivity contribution >= 4 is 8.32 Å². The van der Waals surface area contributed by atoms with Crippen LogP contribution in [0.2, 0.25) is 18.1 Å². The molecular formula is C26H40O3Si. The molecule has 0 amide bonds. The average Bonchev–Trinajstić information content (AvgIpc) is 2.66. The molecule has 0 saturated heterocycles. The molecule has 0 aromatic heterocycles. The van der Waals surface area contributed by atoms with Gasteiger partial charge in [0.1, 0.15) is 11.9 Å². The van der Waals surface area contributed by atoms with Crippen LogP contribution in [0.15, 0.2) is 49.1 Å². The minimum absolute atomic E-state index is 0.0986. The minimum atomic E-state index is -1.89. The molecule has 0 N–H and O–H groups in total. The van der Waals surface area contributed by atoms with E-state index in [0.29, 0.717) is 13.2 Å². The zero-order valence-electron chi connectivity index (χ0n) is 19.8. The molecule has 3 nitrogen and oxygen atoms in total. The Kier molecular flexibility index (Phi) is 11.2. The van der Waals surface area contributed by atoms with Gasteiger partial charge in [-0.15, -0.1) is 12.5 Å². The third-order valence-corrected chi connectivity index (χ3v) is 9.92. The monoisotopic (exact) mass is 428 g/mol. The summed E-state index contributed by atoms with van der Waals surface area (Å²) >= 11 is 0. The van der Waals surface area contributed by atoms with Crippen LogP contribution in [0.5, 0.6) is 5.75 Å². The highest BCUT2D eigenvalue weighted by Gasteiger charge is 2.38. The first-order valence-electron chi connectivity index (χ1n) is 10.7. The smallest absolute Gasteiger partial charge is 0.193 e. The Balaban J connectivity index is 2.50. The summed E-state index contributed by atoms with van der Waals surface area (Å²) in [6.07, 6.45) is 5.06. The highest BCUT2D eigenvalue weighted by molar-refractivity contribution is 6.74. The Morgan fingerprint density at radius 1 is 1.20 bits per heavy atom. The van der Waals surface area contributed by atoms with Crippen LogP contribution < -0.4 is 4.74 Å². The van der Waals surface area contributed by atoms with Crippen molar-refractivity contribution in [3.8, 4) is 17.6 Å². The van der Waals surface area contributed by atoms with Gasteiger partial charge in [-0.3, -0.25) is 0 Å². The lowest BCUT2D eigenvalue weighted by atomic mass is 10.1. The number of unbranched alkanes of at least 4 members (excludes halogenated alkanes) is 1. The quantitative estimate of drug-likeness (QED) is 0.157. The van der Waals surface area contributed by atoms with Crippen molar-refractivity contribution in [3.05, 3.63) is 54.6 Å². The zero-order chi connectivity index (χ0) is 22.6. The third kappa shape index (κ3) is 9.80. The normalized spacial score (nSPS) is 12.6. The Hall–Kier alpha value is -1.80. The molecule has 166 valence electrons. The van der Waals surface area contributed by atoms with E-state index in [2.05, 4.69) is 58.9 Å². The van der Waals surface area contributed by atoms with E-state index < -0.39 is 8.32 Å². The van der Waals surface area contributed by atoms with E-state index in [1.807, 2.05) is 30.3 Å². The topological polar surface area (TPSA) is 27.7 Å². The molecule has 1 atom stereocenters. The van der Waals surface area contributed by atoms with Gasteiger partial charge in [-0.25, -0.2) is 0 Å². The SMILES string of the molecule is C=CCC(=C)C[C@H](C#CCCCOCc1ccc(OC)cc1)O[Si](C)(C)C(C)(C)C. The molecule has 1 aromatic carbocycles. The molecular weight excluding hydrogens is 388 g/mol. The van der Waals surface area contributed by atoms with Gasteiger partial charge >= 0.3 is 0 Å². The fourth-order valence-corrected chi connectivity index (χ4v) is 3.77. The summed E-state index contributed by atoms with van der Waals surface area (Å²) in [7, 11) is -0.216. The summed E-state index contributed by atoms with van der Waals surface area (Å²) in [5.74, 6) is 7.52. The van der Waals surface area contributed by atoms with Crippen LogP contribution in [0, 0.1) is 11.8 Å². The van der Waals surface area contributed by atoms with Crippen LogP contribution in [0.1, 0.15) is 52.0 Å². The molecule has 0 saturated carbocycles. The van der Waals surface area contributed by atoms with Gasteiger partial charge in [0.25, 0.3) is 0 Å². The molecule has 30 heavy (non-hydrogen) atoms. The second-order valence-corrected chi connectivity index (χ2v) is 13.9. The van der Waals surface area contributed by atoms with Crippen molar-refractivity contribution in [3.63, 3.8) is 0 Å². The molecule has 0 aliphatic rings. The predicted molar refractivity (Wildman–Crippen MR) is 130 cm³/mol. The molecule has 0 radical (unpaired) electrons. The van der Waals surface area contributed by atoms with E-state index >= 15 is 0 Å². The maximum Gasteiger partial charge on any atom is 0.193 e. The largest absolute Gasteiger partial charge is 0.497 e. The molecule has 4 heteroatoms. The van der Waals surface area contributed by atoms with Gasteiger partial charge in [0.15, 0.2) is 8.32 Å². The second kappa shape index (κ2) is 12.8. The van der Waals surface area contributed by atoms with E-state index in [1.165, 1.54) is 0 Å². The van der Waals surface area contributed by atoms with Crippen molar-refractivity contribution in [1.29, 1.82) is 0 Å². The minimum Gasteiger partial charge on any atom is -0.497 e. The van der Waals surface area contributed by atoms with Crippen molar-refractivity contribution < 1.29 is 13.9 Å². The van der Waals surface area contributed by atoms with Gasteiger partial charge in [-0.1, -0.05) is 57.1 Å². The fraction of sp³-hybridized carbons (Fsp3) is 0.538. The van der Waals surface area contributed by atoms with E-state index in [0.717, 1.165) is 42.6 Å². The average molecular weight is 429 g/mol. The molecule has 0 heterocycles. The van der Waals surface area contributed by atoms with E-state index in [4.69, 9.17) is 13.9 Å². The molecule has 0 aliphatic heterocycles. The first-order chi connectivity index (χ1) is 14.1. The van der Waals surface area contributed by atoms with E-state index in [1.54, 1.807) is 7.11 Å². The molecule has 0 unspecified atom stereocenters. The number of hydrogen-bond donors (Lipinski definition) is 0. The molecule has 0 fully saturated rings. The van der Waals surface area contributed by atoms with E-state index in [-0.39, 0.29) is 11.1 Å². The number of ether oxygens (including phenoxy) is 2. The summed E-state index contributed by atoms with van der Waals surface area (Å²) < 4.78 is 17.5. The number of methoxy groups -OCH3 is 1. The Bertz CT molecular complexity index is 717. The molecule has 1 aromatic rings. The van der Waals surface area contributed by atoms with Crippen molar-refractivity contribution in [2.24, 2.45) is 0 Å². The predicted octanol–water partition coefficient (Wildman–Crippen LogP) is 6.91. The van der Waals surface area contributed by atoms with Crippen LogP contribution in [0.4, 0.5) is 0 Å². The summed E-state index contributed by atoms with van der Waals surface area (Å²) in [4.78, 5) is 0. The van der Waals surface area contributed by atoms with Gasteiger partial charge in [-0.05, 0) is 48.7 Å². The standard InChI is InChI=1S/C26H40O3Si/c1-9-13-22(2)20-25(29-30(7,8)26(3,4)5)14-11-10-12-19-28-21-23-15-17-24(27-6)18-16-23/h9,15-18,25H,1-2,10,12-13,19-21H2,3-8H3/t25-/m0/s1. The molecule has 0 bridgehead atoms. The lowest BCUT2D eigenvalue weighted by Gasteiger charge is -2.38. The van der Waals surface area contributed by atoms with Crippen molar-refractivity contribution in [2.45, 2.75) is 77.3 Å². The first-order valence-corrected chi connectivity index (χ1v) is 13.6. The van der Waals surface area contributed by atoms with Crippen LogP contribution in [0.25, 0.3) is 0 Å². The van der Waals surface area contributed by atoms with Crippen LogP contribution in [0.3, 0.4) is 0 Å². The number of rotatable bonds is 12. The number of hydrogen-bond acceptors (Lipinski definition) is 3. The van der Waals surface area contributed by atoms with Gasteiger partial charge in [0.05, 0.1) is 13.7 Å². The molecule has 0 spiro atoms. The fourth-order valence-electron chi connectivity index (χ4n) is 2.56. The maximum absolute atomic E-state index is 6.55. The van der Waals surface area contributed by atoms with Crippen LogP contribution >= 0.6 is 0 Å². The van der Waals surface area contributed by atoms with Crippen LogP contribution in [-0.4, -0.2) is 28.1 Å². The van der Waals surface area contributed by atoms with Gasteiger partial charge in [0.2, 0.25) is 0 Å². The summed E-state index contributed by atoms with van der Waals surface area (Å²) in [6.45, 7) is 20.6. The highest BCUT2D eigenvalue weighted by atomic mass is 28.4. The number of allylic oxidation sites excluding steroid dienone is 1. The molecule has 1 rings (SSSR count). The Morgan fingerprint density at radius 3 is 2.43 bits per heavy atom. The summed E-state index contributed by atoms with van der Waals surface area (Å²) in [6, 6.07) is 7.95. The lowest BCUT2D eigenvalue weighted by molar-refractivity contribution is 0.119. The zero-order valence-corrected chi connectivity index (χ0v) is 20.8. The Morgan fingerprint density at radius 2 is 1.87 bits per heavy atom. The van der Waals surface area contributed by atoms with Gasteiger partial charge in [0, 0.05) is 19.4 Å². The van der Waals surface area contributed by atoms with Crippen LogP contribution in [-0.2, 0) is 15.8 Å². The maximum atomic E-state index is 6.55. The van der Waals surface area contributed by atoms with Gasteiger partial charge in [-0.2, -0.15) is 0 Å². The lowest BCUT2D eigenvalue weighted by Crippen LogP contribution is -2.43. The first kappa shape index (κ1) is 26.2. The Labute approximate surface area is 185 Å². The third-order valence-electron chi connectivity index (χ3n) is 5.43. The summed E-state index contributed by atoms with van der Waals surface area (Å²) in [5.41, 5.74) is 2.26. The van der Waals surface area contributed by atoms with Gasteiger partial charge < -0.3 is 13.9 Å². The summed E-state index contributed by atoms with van der Waals surface area (Å²) in [5, 5.41) is 0.155.